The lowest BCUT2D eigenvalue weighted by atomic mass is 10.2. The molecule has 0 aromatic carbocycles. The minimum atomic E-state index is 0.484. The zero-order valence-corrected chi connectivity index (χ0v) is 3.68. The molecule has 0 aliphatic rings. The quantitative estimate of drug-likeness (QED) is 0.239. The van der Waals surface area contributed by atoms with Gasteiger partial charge in [0.05, 0.1) is 5.84 Å². The summed E-state index contributed by atoms with van der Waals surface area (Å²) in [6, 6.07) is 0. The van der Waals surface area contributed by atoms with Crippen LogP contribution in [0.3, 0.4) is 0 Å². The molecule has 0 aliphatic heterocycles. The second-order valence-electron chi connectivity index (χ2n) is 0.920. The van der Waals surface area contributed by atoms with E-state index in [-0.39, 0.29) is 0 Å². The molecule has 0 unspecified atom stereocenters. The number of amidine groups is 1. The fraction of sp³-hybridized carbons (Fsp3) is 0.500. The molecule has 33 valence electrons. The zero-order valence-electron chi connectivity index (χ0n) is 3.68. The van der Waals surface area contributed by atoms with E-state index in [4.69, 9.17) is 11.4 Å². The number of rotatable bonds is 1. The van der Waals surface area contributed by atoms with E-state index in [1.54, 1.807) is 6.92 Å². The van der Waals surface area contributed by atoms with Gasteiger partial charge in [-0.2, -0.15) is 0 Å². The normalized spacial score (nSPS) is 11.3. The van der Waals surface area contributed by atoms with Crippen molar-refractivity contribution in [2.45, 2.75) is 6.92 Å². The summed E-state index contributed by atoms with van der Waals surface area (Å²) in [7, 11) is 1.16. The van der Waals surface area contributed by atoms with Crippen LogP contribution in [0.4, 0.5) is 0 Å². The highest BCUT2D eigenvalue weighted by Crippen LogP contribution is 1.54. The lowest BCUT2D eigenvalue weighted by molar-refractivity contribution is 1.56. The van der Waals surface area contributed by atoms with Gasteiger partial charge in [0, 0.05) is 0 Å². The second kappa shape index (κ2) is 2.72. The zero-order chi connectivity index (χ0) is 4.99. The predicted molar refractivity (Wildman–Crippen MR) is 27.2 cm³/mol. The minimum absolute atomic E-state index is 0.484. The Morgan fingerprint density at radius 3 is 2.33 bits per heavy atom. The van der Waals surface area contributed by atoms with Crippen LogP contribution in [-0.2, 0) is 0 Å². The highest BCUT2D eigenvalue weighted by atomic mass is 14.8. The van der Waals surface area contributed by atoms with Gasteiger partial charge in [-0.3, -0.25) is 0 Å². The molecular formula is C2H7BN3. The van der Waals surface area contributed by atoms with Crippen molar-refractivity contribution in [3.8, 4) is 0 Å². The Balaban J connectivity index is 3.14. The summed E-state index contributed by atoms with van der Waals surface area (Å²) in [4.78, 5) is 3.47. The fourth-order valence-electron chi connectivity index (χ4n) is 0.118. The van der Waals surface area contributed by atoms with Crippen molar-refractivity contribution >= 4 is 13.4 Å². The molecule has 0 aromatic heterocycles. The molecule has 0 amide bonds. The first kappa shape index (κ1) is 5.49. The summed E-state index contributed by atoms with van der Waals surface area (Å²) in [5.74, 6) is 0.484. The van der Waals surface area contributed by atoms with Gasteiger partial charge in [-0.25, -0.2) is 0 Å². The SMILES string of the molecule is CC(N)=N[B]N. The molecular weight excluding hydrogens is 76.9 g/mol. The summed E-state index contributed by atoms with van der Waals surface area (Å²) >= 11 is 0. The van der Waals surface area contributed by atoms with E-state index in [2.05, 4.69) is 4.90 Å². The maximum Gasteiger partial charge on any atom is 0.369 e. The van der Waals surface area contributed by atoms with E-state index in [0.29, 0.717) is 5.84 Å². The number of nitrogens with two attached hydrogens (primary N) is 2. The standard InChI is InChI=1S/C2H7BN3/c1-2(4)6-3-5/h5H2,1H3,(H2,4,6). The Morgan fingerprint density at radius 1 is 1.83 bits per heavy atom. The summed E-state index contributed by atoms with van der Waals surface area (Å²) < 4.78 is 0. The number of hydrogen-bond acceptors (Lipinski definition) is 2. The van der Waals surface area contributed by atoms with Crippen LogP contribution in [0.25, 0.3) is 0 Å². The van der Waals surface area contributed by atoms with E-state index in [0.717, 1.165) is 7.55 Å². The van der Waals surface area contributed by atoms with Crippen LogP contribution in [0.15, 0.2) is 4.90 Å². The predicted octanol–water partition coefficient (Wildman–Crippen LogP) is -1.14. The van der Waals surface area contributed by atoms with Crippen LogP contribution in [0.2, 0.25) is 0 Å². The first-order valence-corrected chi connectivity index (χ1v) is 1.60. The van der Waals surface area contributed by atoms with Crippen molar-refractivity contribution < 1.29 is 0 Å². The van der Waals surface area contributed by atoms with Crippen molar-refractivity contribution in [3.05, 3.63) is 0 Å². The highest BCUT2D eigenvalue weighted by molar-refractivity contribution is 6.31. The molecule has 0 saturated heterocycles. The summed E-state index contributed by atoms with van der Waals surface area (Å²) in [6.07, 6.45) is 0. The van der Waals surface area contributed by atoms with Gasteiger partial charge >= 0.3 is 7.55 Å². The molecule has 0 heterocycles. The van der Waals surface area contributed by atoms with Crippen molar-refractivity contribution in [3.63, 3.8) is 0 Å². The molecule has 4 heteroatoms. The van der Waals surface area contributed by atoms with E-state index in [1.165, 1.54) is 0 Å². The first-order chi connectivity index (χ1) is 2.77. The van der Waals surface area contributed by atoms with Crippen molar-refractivity contribution in [2.75, 3.05) is 0 Å². The Bertz CT molecular complexity index is 55.8. The number of nitrogens with zero attached hydrogens (tertiary/aromatic N) is 1. The lowest BCUT2D eigenvalue weighted by Crippen LogP contribution is -2.11. The molecule has 0 rings (SSSR count). The molecule has 0 saturated carbocycles. The van der Waals surface area contributed by atoms with Crippen LogP contribution in [0.1, 0.15) is 6.92 Å². The van der Waals surface area contributed by atoms with Crippen LogP contribution in [0.5, 0.6) is 0 Å². The number of hydrogen-bond donors (Lipinski definition) is 2. The Hall–Kier alpha value is -0.505. The van der Waals surface area contributed by atoms with Crippen molar-refractivity contribution in [2.24, 2.45) is 16.3 Å². The molecule has 0 spiro atoms. The van der Waals surface area contributed by atoms with Gasteiger partial charge < -0.3 is 16.3 Å². The van der Waals surface area contributed by atoms with E-state index in [9.17, 15) is 0 Å². The lowest BCUT2D eigenvalue weighted by Gasteiger charge is -1.80. The van der Waals surface area contributed by atoms with Crippen molar-refractivity contribution in [1.82, 2.24) is 0 Å². The van der Waals surface area contributed by atoms with Gasteiger partial charge in [-0.05, 0) is 6.92 Å². The molecule has 1 radical (unpaired) electrons. The van der Waals surface area contributed by atoms with Gasteiger partial charge in [0.15, 0.2) is 0 Å². The van der Waals surface area contributed by atoms with Gasteiger partial charge in [0.2, 0.25) is 0 Å². The fourth-order valence-corrected chi connectivity index (χ4v) is 0.118. The molecule has 0 aromatic rings. The van der Waals surface area contributed by atoms with Gasteiger partial charge in [0.1, 0.15) is 0 Å². The molecule has 4 N–H and O–H groups in total. The Morgan fingerprint density at radius 2 is 2.33 bits per heavy atom. The monoisotopic (exact) mass is 84.1 g/mol. The second-order valence-corrected chi connectivity index (χ2v) is 0.920. The van der Waals surface area contributed by atoms with Crippen LogP contribution < -0.4 is 11.4 Å². The average Bonchev–Trinajstić information content (AvgIpc) is 1.35. The summed E-state index contributed by atoms with van der Waals surface area (Å²) in [6.45, 7) is 1.67. The molecule has 0 aliphatic carbocycles. The third kappa shape index (κ3) is 3.49. The smallest absolute Gasteiger partial charge is 0.369 e. The van der Waals surface area contributed by atoms with E-state index in [1.807, 2.05) is 0 Å². The van der Waals surface area contributed by atoms with Gasteiger partial charge in [-0.15, -0.1) is 0 Å². The third-order valence-electron chi connectivity index (χ3n) is 0.278. The summed E-state index contributed by atoms with van der Waals surface area (Å²) in [5.41, 5.74) is 9.88. The largest absolute Gasteiger partial charge is 0.389 e. The van der Waals surface area contributed by atoms with Crippen LogP contribution in [0, 0.1) is 0 Å². The van der Waals surface area contributed by atoms with Crippen LogP contribution >= 0.6 is 0 Å². The highest BCUT2D eigenvalue weighted by Gasteiger charge is 1.72. The van der Waals surface area contributed by atoms with E-state index < -0.39 is 0 Å². The molecule has 6 heavy (non-hydrogen) atoms. The molecule has 0 atom stereocenters. The topological polar surface area (TPSA) is 64.4 Å². The molecule has 3 nitrogen and oxygen atoms in total. The Labute approximate surface area is 37.7 Å². The summed E-state index contributed by atoms with van der Waals surface area (Å²) in [5, 5.41) is 0. The maximum atomic E-state index is 5.04. The Kier molecular flexibility index (Phi) is 2.49. The van der Waals surface area contributed by atoms with Gasteiger partial charge in [0.25, 0.3) is 0 Å². The minimum Gasteiger partial charge on any atom is -0.389 e. The van der Waals surface area contributed by atoms with Gasteiger partial charge in [-0.1, -0.05) is 0 Å². The average molecular weight is 83.9 g/mol. The molecule has 0 bridgehead atoms. The van der Waals surface area contributed by atoms with Crippen molar-refractivity contribution in [1.29, 1.82) is 0 Å². The van der Waals surface area contributed by atoms with E-state index >= 15 is 0 Å². The van der Waals surface area contributed by atoms with Crippen LogP contribution in [-0.4, -0.2) is 13.4 Å². The molecule has 0 fully saturated rings. The first-order valence-electron chi connectivity index (χ1n) is 1.60. The third-order valence-corrected chi connectivity index (χ3v) is 0.278. The maximum absolute atomic E-state index is 5.04.